The van der Waals surface area contributed by atoms with E-state index >= 15 is 0 Å². The SMILES string of the molecule is Cc1nc(N[C@H]2C[C@H](Oc3ccc(F)cc3)C2)cc2c1NC(=O)[C@](C)(O)N2C. The van der Waals surface area contributed by atoms with Gasteiger partial charge in [0, 0.05) is 32.0 Å². The van der Waals surface area contributed by atoms with Crippen LogP contribution in [-0.4, -0.2) is 40.9 Å². The third-order valence-electron chi connectivity index (χ3n) is 5.43. The van der Waals surface area contributed by atoms with Crippen molar-refractivity contribution in [3.8, 4) is 5.75 Å². The van der Waals surface area contributed by atoms with Crippen LogP contribution in [-0.2, 0) is 4.79 Å². The Labute approximate surface area is 162 Å². The number of hydrogen-bond donors (Lipinski definition) is 3. The second-order valence-electron chi connectivity index (χ2n) is 7.53. The minimum atomic E-state index is -1.62. The molecule has 0 bridgehead atoms. The van der Waals surface area contributed by atoms with Crippen molar-refractivity contribution in [2.24, 2.45) is 0 Å². The molecule has 2 aliphatic rings. The van der Waals surface area contributed by atoms with Gasteiger partial charge in [-0.05, 0) is 38.1 Å². The van der Waals surface area contributed by atoms with Gasteiger partial charge in [0.2, 0.25) is 5.72 Å². The maximum atomic E-state index is 13.0. The fourth-order valence-electron chi connectivity index (χ4n) is 3.46. The fraction of sp³-hybridized carbons (Fsp3) is 0.400. The molecule has 148 valence electrons. The van der Waals surface area contributed by atoms with Crippen molar-refractivity contribution in [2.75, 3.05) is 22.6 Å². The van der Waals surface area contributed by atoms with E-state index in [4.69, 9.17) is 4.74 Å². The van der Waals surface area contributed by atoms with Crippen LogP contribution in [0.1, 0.15) is 25.5 Å². The van der Waals surface area contributed by atoms with Crippen molar-refractivity contribution in [2.45, 2.75) is 44.6 Å². The number of benzene rings is 1. The molecule has 0 radical (unpaired) electrons. The minimum Gasteiger partial charge on any atom is -0.490 e. The number of nitrogens with zero attached hydrogens (tertiary/aromatic N) is 2. The predicted octanol–water partition coefficient (Wildman–Crippen LogP) is 2.65. The summed E-state index contributed by atoms with van der Waals surface area (Å²) in [5.41, 5.74) is 0.366. The number of nitrogens with one attached hydrogen (secondary N) is 2. The van der Waals surface area contributed by atoms with E-state index in [1.807, 2.05) is 13.0 Å². The third kappa shape index (κ3) is 3.24. The van der Waals surface area contributed by atoms with Gasteiger partial charge in [-0.1, -0.05) is 0 Å². The molecule has 0 spiro atoms. The number of fused-ring (bicyclic) bond motifs is 1. The lowest BCUT2D eigenvalue weighted by atomic mass is 9.89. The van der Waals surface area contributed by atoms with Crippen molar-refractivity contribution in [1.82, 2.24) is 4.98 Å². The van der Waals surface area contributed by atoms with E-state index in [0.717, 1.165) is 12.8 Å². The minimum absolute atomic E-state index is 0.0735. The van der Waals surface area contributed by atoms with Crippen LogP contribution >= 0.6 is 0 Å². The summed E-state index contributed by atoms with van der Waals surface area (Å²) in [6, 6.07) is 8.05. The number of hydrogen-bond acceptors (Lipinski definition) is 6. The number of aromatic nitrogens is 1. The zero-order valence-electron chi connectivity index (χ0n) is 16.0. The van der Waals surface area contributed by atoms with Crippen molar-refractivity contribution >= 4 is 23.1 Å². The molecule has 0 unspecified atom stereocenters. The predicted molar refractivity (Wildman–Crippen MR) is 104 cm³/mol. The third-order valence-corrected chi connectivity index (χ3v) is 5.43. The van der Waals surface area contributed by atoms with Crippen LogP contribution in [0.15, 0.2) is 30.3 Å². The van der Waals surface area contributed by atoms with Gasteiger partial charge >= 0.3 is 0 Å². The van der Waals surface area contributed by atoms with Crippen molar-refractivity contribution in [3.05, 3.63) is 41.8 Å². The molecule has 1 aromatic carbocycles. The Balaban J connectivity index is 1.42. The molecule has 8 heteroatoms. The largest absolute Gasteiger partial charge is 0.490 e. The van der Waals surface area contributed by atoms with Gasteiger partial charge in [0.15, 0.2) is 0 Å². The first kappa shape index (κ1) is 18.5. The van der Waals surface area contributed by atoms with Crippen LogP contribution in [0.4, 0.5) is 21.6 Å². The summed E-state index contributed by atoms with van der Waals surface area (Å²) in [5, 5.41) is 16.5. The molecule has 1 aliphatic carbocycles. The zero-order valence-corrected chi connectivity index (χ0v) is 16.0. The number of halogens is 1. The summed E-state index contributed by atoms with van der Waals surface area (Å²) in [4.78, 5) is 18.2. The van der Waals surface area contributed by atoms with E-state index in [0.29, 0.717) is 28.6 Å². The Hall–Kier alpha value is -2.87. The molecule has 1 aliphatic heterocycles. The van der Waals surface area contributed by atoms with Crippen LogP contribution in [0, 0.1) is 12.7 Å². The molecule has 7 nitrogen and oxygen atoms in total. The molecule has 3 N–H and O–H groups in total. The Kier molecular flexibility index (Phi) is 4.38. The van der Waals surface area contributed by atoms with Gasteiger partial charge in [0.1, 0.15) is 23.5 Å². The number of ether oxygens (including phenoxy) is 1. The highest BCUT2D eigenvalue weighted by molar-refractivity contribution is 6.05. The quantitative estimate of drug-likeness (QED) is 0.749. The number of likely N-dealkylation sites (N-methyl/N-ethyl adjacent to an activating group) is 1. The number of aryl methyl sites for hydroxylation is 1. The lowest BCUT2D eigenvalue weighted by Crippen LogP contribution is -2.56. The first-order valence-electron chi connectivity index (χ1n) is 9.22. The molecule has 2 aromatic rings. The second kappa shape index (κ2) is 6.63. The number of anilines is 3. The summed E-state index contributed by atoms with van der Waals surface area (Å²) in [6.45, 7) is 3.27. The maximum Gasteiger partial charge on any atom is 0.277 e. The Morgan fingerprint density at radius 1 is 1.36 bits per heavy atom. The highest BCUT2D eigenvalue weighted by atomic mass is 19.1. The van der Waals surface area contributed by atoms with Gasteiger partial charge in [-0.25, -0.2) is 9.37 Å². The van der Waals surface area contributed by atoms with E-state index in [2.05, 4.69) is 15.6 Å². The zero-order chi connectivity index (χ0) is 20.1. The molecule has 1 amide bonds. The Morgan fingerprint density at radius 2 is 2.04 bits per heavy atom. The molecule has 1 aromatic heterocycles. The van der Waals surface area contributed by atoms with E-state index < -0.39 is 11.6 Å². The van der Waals surface area contributed by atoms with Crippen molar-refractivity contribution < 1.29 is 19.0 Å². The molecule has 28 heavy (non-hydrogen) atoms. The van der Waals surface area contributed by atoms with Crippen molar-refractivity contribution in [1.29, 1.82) is 0 Å². The smallest absolute Gasteiger partial charge is 0.277 e. The normalized spacial score (nSPS) is 26.2. The molecule has 1 saturated carbocycles. The van der Waals surface area contributed by atoms with Crippen LogP contribution in [0.3, 0.4) is 0 Å². The number of aliphatic hydroxyl groups is 1. The lowest BCUT2D eigenvalue weighted by Gasteiger charge is -2.40. The summed E-state index contributed by atoms with van der Waals surface area (Å²) >= 11 is 0. The van der Waals surface area contributed by atoms with Crippen LogP contribution in [0.25, 0.3) is 0 Å². The topological polar surface area (TPSA) is 86.7 Å². The Bertz CT molecular complexity index is 910. The van der Waals surface area contributed by atoms with Gasteiger partial charge in [0.25, 0.3) is 5.91 Å². The molecular weight excluding hydrogens is 363 g/mol. The summed E-state index contributed by atoms with van der Waals surface area (Å²) in [7, 11) is 1.68. The van der Waals surface area contributed by atoms with Gasteiger partial charge in [0.05, 0.1) is 17.1 Å². The number of carbonyl (C=O) groups excluding carboxylic acids is 1. The standard InChI is InChI=1S/C20H23FN4O3/c1-11-18-16(25(3)20(2,27)19(26)24-18)10-17(22-11)23-13-8-15(9-13)28-14-6-4-12(21)5-7-14/h4-7,10,13,15,27H,8-9H2,1-3H3,(H,22,23)(H,24,26)/t13-,15-,20-/m0/s1. The lowest BCUT2D eigenvalue weighted by molar-refractivity contribution is -0.132. The monoisotopic (exact) mass is 386 g/mol. The van der Waals surface area contributed by atoms with Gasteiger partial charge in [-0.3, -0.25) is 4.79 Å². The number of pyridine rings is 1. The molecule has 1 fully saturated rings. The van der Waals surface area contributed by atoms with E-state index in [9.17, 15) is 14.3 Å². The average molecular weight is 386 g/mol. The maximum absolute atomic E-state index is 13.0. The number of rotatable bonds is 4. The first-order valence-corrected chi connectivity index (χ1v) is 9.22. The van der Waals surface area contributed by atoms with E-state index in [-0.39, 0.29) is 18.0 Å². The summed E-state index contributed by atoms with van der Waals surface area (Å²) < 4.78 is 18.8. The molecule has 4 rings (SSSR count). The number of carbonyl (C=O) groups is 1. The fourth-order valence-corrected chi connectivity index (χ4v) is 3.46. The van der Waals surface area contributed by atoms with Crippen LogP contribution < -0.4 is 20.3 Å². The summed E-state index contributed by atoms with van der Waals surface area (Å²) in [6.07, 6.45) is 1.68. The Morgan fingerprint density at radius 3 is 2.71 bits per heavy atom. The highest BCUT2D eigenvalue weighted by Gasteiger charge is 2.41. The van der Waals surface area contributed by atoms with Gasteiger partial charge < -0.3 is 25.4 Å². The average Bonchev–Trinajstić information content (AvgIpc) is 2.61. The molecular formula is C20H23FN4O3. The van der Waals surface area contributed by atoms with Crippen LogP contribution in [0.2, 0.25) is 0 Å². The van der Waals surface area contributed by atoms with Gasteiger partial charge in [-0.2, -0.15) is 0 Å². The highest BCUT2D eigenvalue weighted by Crippen LogP contribution is 2.38. The van der Waals surface area contributed by atoms with Gasteiger partial charge in [-0.15, -0.1) is 0 Å². The molecule has 2 heterocycles. The molecule has 1 atom stereocenters. The van der Waals surface area contributed by atoms with E-state index in [1.165, 1.54) is 19.1 Å². The molecule has 0 saturated heterocycles. The first-order chi connectivity index (χ1) is 13.2. The van der Waals surface area contributed by atoms with Crippen molar-refractivity contribution in [3.63, 3.8) is 0 Å². The number of amides is 1. The van der Waals surface area contributed by atoms with E-state index in [1.54, 1.807) is 24.1 Å². The second-order valence-corrected chi connectivity index (χ2v) is 7.53. The summed E-state index contributed by atoms with van der Waals surface area (Å²) in [5.74, 6) is 0.579. The van der Waals surface area contributed by atoms with Crippen LogP contribution in [0.5, 0.6) is 5.75 Å².